The fourth-order valence-electron chi connectivity index (χ4n) is 3.58. The third-order valence-corrected chi connectivity index (χ3v) is 4.92. The Morgan fingerprint density at radius 1 is 1.25 bits per heavy atom. The molecule has 24 heavy (non-hydrogen) atoms. The molecule has 1 aromatic rings. The number of aryl methyl sites for hydroxylation is 2. The van der Waals surface area contributed by atoms with Gasteiger partial charge in [0.15, 0.2) is 0 Å². The minimum absolute atomic E-state index is 0.0998. The average Bonchev–Trinajstić information content (AvgIpc) is 3.07. The van der Waals surface area contributed by atoms with Crippen molar-refractivity contribution in [3.05, 3.63) is 29.3 Å². The van der Waals surface area contributed by atoms with Gasteiger partial charge in [0.05, 0.1) is 0 Å². The highest BCUT2D eigenvalue weighted by Gasteiger charge is 2.52. The molecule has 1 aliphatic heterocycles. The topological polar surface area (TPSA) is 78.5 Å². The van der Waals surface area contributed by atoms with Crippen molar-refractivity contribution >= 4 is 23.5 Å². The second-order valence-corrected chi connectivity index (χ2v) is 6.79. The lowest BCUT2D eigenvalue weighted by Gasteiger charge is -2.20. The second kappa shape index (κ2) is 6.26. The Morgan fingerprint density at radius 3 is 2.62 bits per heavy atom. The molecule has 2 N–H and O–H groups in total. The van der Waals surface area contributed by atoms with Gasteiger partial charge >= 0.3 is 6.03 Å². The summed E-state index contributed by atoms with van der Waals surface area (Å²) >= 11 is 0. The zero-order valence-corrected chi connectivity index (χ0v) is 14.1. The molecule has 0 aromatic heterocycles. The fourth-order valence-corrected chi connectivity index (χ4v) is 3.58. The Morgan fingerprint density at radius 2 is 1.96 bits per heavy atom. The lowest BCUT2D eigenvalue weighted by atomic mass is 9.98. The number of hydrogen-bond acceptors (Lipinski definition) is 3. The molecule has 128 valence electrons. The Kier molecular flexibility index (Phi) is 4.30. The molecule has 0 radical (unpaired) electrons. The lowest BCUT2D eigenvalue weighted by molar-refractivity contribution is -0.131. The van der Waals surface area contributed by atoms with Gasteiger partial charge < -0.3 is 10.6 Å². The standard InChI is InChI=1S/C18H23N3O3/c1-12-5-6-14(13(2)11-12)19-15(22)7-10-21-16(23)18(20-17(21)24)8-3-4-9-18/h5-6,11H,3-4,7-10H2,1-2H3,(H,19,22)(H,20,24). The molecule has 6 heteroatoms. The Bertz CT molecular complexity index is 693. The minimum Gasteiger partial charge on any atom is -0.326 e. The summed E-state index contributed by atoms with van der Waals surface area (Å²) in [6.07, 6.45) is 3.40. The van der Waals surface area contributed by atoms with E-state index in [4.69, 9.17) is 0 Å². The Balaban J connectivity index is 1.58. The molecule has 1 saturated carbocycles. The van der Waals surface area contributed by atoms with Crippen molar-refractivity contribution in [2.45, 2.75) is 51.5 Å². The number of nitrogens with zero attached hydrogens (tertiary/aromatic N) is 1. The largest absolute Gasteiger partial charge is 0.326 e. The van der Waals surface area contributed by atoms with Gasteiger partial charge in [-0.3, -0.25) is 14.5 Å². The maximum absolute atomic E-state index is 12.5. The van der Waals surface area contributed by atoms with Crippen LogP contribution >= 0.6 is 0 Å². The molecular formula is C18H23N3O3. The summed E-state index contributed by atoms with van der Waals surface area (Å²) in [7, 11) is 0. The number of rotatable bonds is 4. The highest BCUT2D eigenvalue weighted by Crippen LogP contribution is 2.35. The summed E-state index contributed by atoms with van der Waals surface area (Å²) < 4.78 is 0. The highest BCUT2D eigenvalue weighted by molar-refractivity contribution is 6.07. The molecule has 1 aliphatic carbocycles. The summed E-state index contributed by atoms with van der Waals surface area (Å²) in [6, 6.07) is 5.42. The first-order valence-corrected chi connectivity index (χ1v) is 8.42. The maximum Gasteiger partial charge on any atom is 0.325 e. The van der Waals surface area contributed by atoms with Crippen LogP contribution in [0.25, 0.3) is 0 Å². The molecule has 0 unspecified atom stereocenters. The molecule has 6 nitrogen and oxygen atoms in total. The third-order valence-electron chi connectivity index (χ3n) is 4.92. The Labute approximate surface area is 141 Å². The summed E-state index contributed by atoms with van der Waals surface area (Å²) in [5.74, 6) is -0.376. The molecule has 1 aromatic carbocycles. The molecular weight excluding hydrogens is 306 g/mol. The Hall–Kier alpha value is -2.37. The van der Waals surface area contributed by atoms with Gasteiger partial charge in [-0.05, 0) is 38.3 Å². The van der Waals surface area contributed by atoms with Crippen LogP contribution in [0, 0.1) is 13.8 Å². The zero-order chi connectivity index (χ0) is 17.3. The van der Waals surface area contributed by atoms with Crippen LogP contribution in [0.3, 0.4) is 0 Å². The van der Waals surface area contributed by atoms with Crippen LogP contribution in [0.4, 0.5) is 10.5 Å². The predicted molar refractivity (Wildman–Crippen MR) is 90.6 cm³/mol. The summed E-state index contributed by atoms with van der Waals surface area (Å²) in [5, 5.41) is 5.67. The van der Waals surface area contributed by atoms with Gasteiger partial charge in [0.1, 0.15) is 5.54 Å². The molecule has 4 amide bonds. The molecule has 0 bridgehead atoms. The van der Waals surface area contributed by atoms with Crippen molar-refractivity contribution in [3.63, 3.8) is 0 Å². The van der Waals surface area contributed by atoms with E-state index in [1.165, 1.54) is 4.90 Å². The van der Waals surface area contributed by atoms with Crippen LogP contribution in [-0.4, -0.2) is 34.8 Å². The van der Waals surface area contributed by atoms with Gasteiger partial charge in [-0.25, -0.2) is 4.79 Å². The van der Waals surface area contributed by atoms with Crippen molar-refractivity contribution in [1.29, 1.82) is 0 Å². The third kappa shape index (κ3) is 3.00. The van der Waals surface area contributed by atoms with E-state index in [9.17, 15) is 14.4 Å². The predicted octanol–water partition coefficient (Wildman–Crippen LogP) is 2.50. The number of hydrogen-bond donors (Lipinski definition) is 2. The molecule has 1 heterocycles. The number of imide groups is 1. The number of benzene rings is 1. The van der Waals surface area contributed by atoms with Crippen molar-refractivity contribution in [2.75, 3.05) is 11.9 Å². The quantitative estimate of drug-likeness (QED) is 0.833. The first-order valence-electron chi connectivity index (χ1n) is 8.42. The van der Waals surface area contributed by atoms with Crippen LogP contribution in [0.1, 0.15) is 43.2 Å². The highest BCUT2D eigenvalue weighted by atomic mass is 16.2. The van der Waals surface area contributed by atoms with Crippen LogP contribution in [0.5, 0.6) is 0 Å². The minimum atomic E-state index is -0.707. The second-order valence-electron chi connectivity index (χ2n) is 6.79. The van der Waals surface area contributed by atoms with Gasteiger partial charge in [0.25, 0.3) is 5.91 Å². The molecule has 2 fully saturated rings. The van der Waals surface area contributed by atoms with Gasteiger partial charge in [-0.1, -0.05) is 30.5 Å². The van der Waals surface area contributed by atoms with Crippen LogP contribution in [0.15, 0.2) is 18.2 Å². The zero-order valence-electron chi connectivity index (χ0n) is 14.1. The smallest absolute Gasteiger partial charge is 0.325 e. The molecule has 0 atom stereocenters. The van der Waals surface area contributed by atoms with E-state index < -0.39 is 5.54 Å². The van der Waals surface area contributed by atoms with Crippen molar-refractivity contribution < 1.29 is 14.4 Å². The number of carbonyl (C=O) groups is 3. The number of urea groups is 1. The molecule has 3 rings (SSSR count). The van der Waals surface area contributed by atoms with Crippen molar-refractivity contribution in [3.8, 4) is 0 Å². The van der Waals surface area contributed by atoms with E-state index in [1.807, 2.05) is 32.0 Å². The fraction of sp³-hybridized carbons (Fsp3) is 0.500. The van der Waals surface area contributed by atoms with Crippen LogP contribution in [0.2, 0.25) is 0 Å². The number of anilines is 1. The first kappa shape index (κ1) is 16.5. The van der Waals surface area contributed by atoms with Gasteiger partial charge in [0, 0.05) is 18.7 Å². The van der Waals surface area contributed by atoms with Crippen molar-refractivity contribution in [1.82, 2.24) is 10.2 Å². The molecule has 2 aliphatic rings. The average molecular weight is 329 g/mol. The monoisotopic (exact) mass is 329 g/mol. The summed E-state index contributed by atoms with van der Waals surface area (Å²) in [5.41, 5.74) is 2.17. The SMILES string of the molecule is Cc1ccc(NC(=O)CCN2C(=O)NC3(CCCC3)C2=O)c(C)c1. The lowest BCUT2D eigenvalue weighted by Crippen LogP contribution is -2.44. The first-order chi connectivity index (χ1) is 11.4. The van der Waals surface area contributed by atoms with Gasteiger partial charge in [-0.15, -0.1) is 0 Å². The van der Waals surface area contributed by atoms with Gasteiger partial charge in [0.2, 0.25) is 5.91 Å². The maximum atomic E-state index is 12.5. The number of nitrogens with one attached hydrogen (secondary N) is 2. The summed E-state index contributed by atoms with van der Waals surface area (Å²) in [6.45, 7) is 4.04. The van der Waals surface area contributed by atoms with Crippen LogP contribution < -0.4 is 10.6 Å². The van der Waals surface area contributed by atoms with E-state index >= 15 is 0 Å². The summed E-state index contributed by atoms with van der Waals surface area (Å²) in [4.78, 5) is 37.9. The van der Waals surface area contributed by atoms with Gasteiger partial charge in [-0.2, -0.15) is 0 Å². The number of carbonyl (C=O) groups excluding carboxylic acids is 3. The van der Waals surface area contributed by atoms with E-state index in [0.29, 0.717) is 12.8 Å². The van der Waals surface area contributed by atoms with E-state index in [1.54, 1.807) is 0 Å². The molecule has 1 saturated heterocycles. The normalized spacial score (nSPS) is 19.0. The van der Waals surface area contributed by atoms with E-state index in [-0.39, 0.29) is 30.8 Å². The van der Waals surface area contributed by atoms with Crippen molar-refractivity contribution in [2.24, 2.45) is 0 Å². The van der Waals surface area contributed by atoms with E-state index in [0.717, 1.165) is 29.7 Å². The number of amides is 4. The molecule has 1 spiro atoms. The van der Waals surface area contributed by atoms with E-state index in [2.05, 4.69) is 10.6 Å². The van der Waals surface area contributed by atoms with Crippen LogP contribution in [-0.2, 0) is 9.59 Å².